The average Bonchev–Trinajstić information content (AvgIpc) is 2.67. The summed E-state index contributed by atoms with van der Waals surface area (Å²) in [7, 11) is 1.74. The van der Waals surface area contributed by atoms with Crippen LogP contribution < -0.4 is 5.32 Å². The predicted molar refractivity (Wildman–Crippen MR) is 64.7 cm³/mol. The van der Waals surface area contributed by atoms with Gasteiger partial charge in [0.1, 0.15) is 18.0 Å². The number of rotatable bonds is 5. The first-order valence-electron chi connectivity index (χ1n) is 5.79. The molecule has 0 aliphatic heterocycles. The second-order valence-corrected chi connectivity index (χ2v) is 4.14. The minimum Gasteiger partial charge on any atom is -0.459 e. The van der Waals surface area contributed by atoms with E-state index >= 15 is 0 Å². The van der Waals surface area contributed by atoms with Gasteiger partial charge in [0.15, 0.2) is 0 Å². The van der Waals surface area contributed by atoms with Gasteiger partial charge in [0.25, 0.3) is 0 Å². The number of furan rings is 1. The highest BCUT2D eigenvalue weighted by Crippen LogP contribution is 2.27. The van der Waals surface area contributed by atoms with Crippen molar-refractivity contribution in [3.63, 3.8) is 0 Å². The minimum atomic E-state index is -4.32. The zero-order valence-corrected chi connectivity index (χ0v) is 10.4. The van der Waals surface area contributed by atoms with Crippen LogP contribution in [0.15, 0.2) is 28.7 Å². The van der Waals surface area contributed by atoms with Gasteiger partial charge in [-0.1, -0.05) is 18.2 Å². The third-order valence-corrected chi connectivity index (χ3v) is 2.63. The Bertz CT molecular complexity index is 548. The Morgan fingerprint density at radius 2 is 2.00 bits per heavy atom. The van der Waals surface area contributed by atoms with Crippen molar-refractivity contribution in [1.82, 2.24) is 5.32 Å². The summed E-state index contributed by atoms with van der Waals surface area (Å²) in [4.78, 5) is 0. The maximum atomic E-state index is 12.1. The Morgan fingerprint density at radius 3 is 2.68 bits per heavy atom. The van der Waals surface area contributed by atoms with Crippen LogP contribution in [0.1, 0.15) is 11.3 Å². The van der Waals surface area contributed by atoms with E-state index < -0.39 is 12.8 Å². The van der Waals surface area contributed by atoms with Crippen molar-refractivity contribution < 1.29 is 22.3 Å². The first kappa shape index (κ1) is 13.9. The van der Waals surface area contributed by atoms with Crippen LogP contribution in [0.25, 0.3) is 11.0 Å². The van der Waals surface area contributed by atoms with E-state index in [1.54, 1.807) is 13.1 Å². The normalized spacial score (nSPS) is 12.2. The lowest BCUT2D eigenvalue weighted by atomic mass is 10.1. The molecule has 1 aromatic heterocycles. The van der Waals surface area contributed by atoms with Crippen LogP contribution >= 0.6 is 0 Å². The lowest BCUT2D eigenvalue weighted by Crippen LogP contribution is -2.17. The van der Waals surface area contributed by atoms with Crippen LogP contribution in [0.2, 0.25) is 0 Å². The van der Waals surface area contributed by atoms with Gasteiger partial charge in [0.2, 0.25) is 0 Å². The van der Waals surface area contributed by atoms with Crippen molar-refractivity contribution in [2.45, 2.75) is 19.3 Å². The van der Waals surface area contributed by atoms with Crippen LogP contribution in [0.3, 0.4) is 0 Å². The topological polar surface area (TPSA) is 34.4 Å². The zero-order chi connectivity index (χ0) is 13.9. The van der Waals surface area contributed by atoms with E-state index in [0.717, 1.165) is 5.39 Å². The van der Waals surface area contributed by atoms with E-state index in [2.05, 4.69) is 5.32 Å². The SMILES string of the molecule is CNCc1oc2ccccc2c1COCC(F)(F)F. The highest BCUT2D eigenvalue weighted by atomic mass is 19.4. The summed E-state index contributed by atoms with van der Waals surface area (Å²) >= 11 is 0. The summed E-state index contributed by atoms with van der Waals surface area (Å²) in [5.74, 6) is 0.603. The molecule has 0 atom stereocenters. The number of halogens is 3. The number of fused-ring (bicyclic) bond motifs is 1. The molecule has 2 aromatic rings. The molecule has 6 heteroatoms. The van der Waals surface area contributed by atoms with Gasteiger partial charge in [-0.25, -0.2) is 0 Å². The summed E-state index contributed by atoms with van der Waals surface area (Å²) in [6.45, 7) is -0.932. The van der Waals surface area contributed by atoms with Gasteiger partial charge in [-0.3, -0.25) is 0 Å². The first-order chi connectivity index (χ1) is 9.01. The fraction of sp³-hybridized carbons (Fsp3) is 0.385. The van der Waals surface area contributed by atoms with E-state index in [1.165, 1.54) is 0 Å². The van der Waals surface area contributed by atoms with Gasteiger partial charge in [0, 0.05) is 10.9 Å². The Kier molecular flexibility index (Phi) is 4.11. The molecule has 1 aromatic carbocycles. The van der Waals surface area contributed by atoms with Gasteiger partial charge in [-0.2, -0.15) is 13.2 Å². The lowest BCUT2D eigenvalue weighted by Gasteiger charge is -2.08. The van der Waals surface area contributed by atoms with Crippen molar-refractivity contribution in [2.24, 2.45) is 0 Å². The maximum Gasteiger partial charge on any atom is 0.411 e. The highest BCUT2D eigenvalue weighted by molar-refractivity contribution is 5.82. The smallest absolute Gasteiger partial charge is 0.411 e. The van der Waals surface area contributed by atoms with E-state index in [9.17, 15) is 13.2 Å². The van der Waals surface area contributed by atoms with Crippen molar-refractivity contribution in [2.75, 3.05) is 13.7 Å². The molecule has 1 heterocycles. The van der Waals surface area contributed by atoms with Gasteiger partial charge in [-0.05, 0) is 13.1 Å². The van der Waals surface area contributed by atoms with Gasteiger partial charge in [0.05, 0.1) is 13.2 Å². The number of benzene rings is 1. The number of nitrogens with one attached hydrogen (secondary N) is 1. The Morgan fingerprint density at radius 1 is 1.26 bits per heavy atom. The highest BCUT2D eigenvalue weighted by Gasteiger charge is 2.27. The molecule has 0 amide bonds. The molecule has 2 rings (SSSR count). The summed E-state index contributed by atoms with van der Waals surface area (Å²) < 4.78 is 46.6. The Labute approximate surface area is 108 Å². The van der Waals surface area contributed by atoms with E-state index in [4.69, 9.17) is 9.15 Å². The second-order valence-electron chi connectivity index (χ2n) is 4.14. The minimum absolute atomic E-state index is 0.118. The second kappa shape index (κ2) is 5.63. The summed E-state index contributed by atoms with van der Waals surface area (Å²) in [6.07, 6.45) is -4.32. The van der Waals surface area contributed by atoms with E-state index in [-0.39, 0.29) is 6.61 Å². The summed E-state index contributed by atoms with van der Waals surface area (Å²) in [6, 6.07) is 7.22. The van der Waals surface area contributed by atoms with Crippen LogP contribution in [-0.4, -0.2) is 19.8 Å². The maximum absolute atomic E-state index is 12.1. The largest absolute Gasteiger partial charge is 0.459 e. The van der Waals surface area contributed by atoms with Crippen molar-refractivity contribution in [1.29, 1.82) is 0 Å². The number of hydrogen-bond acceptors (Lipinski definition) is 3. The van der Waals surface area contributed by atoms with Gasteiger partial charge in [-0.15, -0.1) is 0 Å². The molecule has 3 nitrogen and oxygen atoms in total. The van der Waals surface area contributed by atoms with Crippen LogP contribution in [-0.2, 0) is 17.9 Å². The van der Waals surface area contributed by atoms with E-state index in [1.807, 2.05) is 18.2 Å². The summed E-state index contributed by atoms with van der Waals surface area (Å²) in [5, 5.41) is 3.71. The van der Waals surface area contributed by atoms with Crippen molar-refractivity contribution >= 4 is 11.0 Å². The molecule has 0 saturated carbocycles. The molecule has 0 fully saturated rings. The molecule has 0 bridgehead atoms. The molecule has 19 heavy (non-hydrogen) atoms. The third kappa shape index (κ3) is 3.48. The predicted octanol–water partition coefficient (Wildman–Crippen LogP) is 3.23. The average molecular weight is 273 g/mol. The molecular weight excluding hydrogens is 259 g/mol. The zero-order valence-electron chi connectivity index (χ0n) is 10.4. The molecule has 0 aliphatic rings. The molecule has 104 valence electrons. The molecule has 0 spiro atoms. The lowest BCUT2D eigenvalue weighted by molar-refractivity contribution is -0.176. The number of ether oxygens (including phenoxy) is 1. The molecule has 0 unspecified atom stereocenters. The molecule has 1 N–H and O–H groups in total. The quantitative estimate of drug-likeness (QED) is 0.908. The van der Waals surface area contributed by atoms with Crippen molar-refractivity contribution in [3.8, 4) is 0 Å². The van der Waals surface area contributed by atoms with Gasteiger partial charge >= 0.3 is 6.18 Å². The molecular formula is C13H14F3NO2. The summed E-state index contributed by atoms with van der Waals surface area (Å²) in [5.41, 5.74) is 1.31. The van der Waals surface area contributed by atoms with Crippen molar-refractivity contribution in [3.05, 3.63) is 35.6 Å². The van der Waals surface area contributed by atoms with Gasteiger partial charge < -0.3 is 14.5 Å². The third-order valence-electron chi connectivity index (χ3n) is 2.63. The molecule has 0 aliphatic carbocycles. The van der Waals surface area contributed by atoms with Crippen LogP contribution in [0.5, 0.6) is 0 Å². The number of alkyl halides is 3. The standard InChI is InChI=1S/C13H14F3NO2/c1-17-6-12-10(7-18-8-13(14,15)16)9-4-2-3-5-11(9)19-12/h2-5,17H,6-8H2,1H3. The first-order valence-corrected chi connectivity index (χ1v) is 5.79. The molecule has 0 radical (unpaired) electrons. The van der Waals surface area contributed by atoms with E-state index in [0.29, 0.717) is 23.5 Å². The monoisotopic (exact) mass is 273 g/mol. The van der Waals surface area contributed by atoms with Crippen LogP contribution in [0.4, 0.5) is 13.2 Å². The fourth-order valence-electron chi connectivity index (χ4n) is 1.88. The van der Waals surface area contributed by atoms with Crippen LogP contribution in [0, 0.1) is 0 Å². The number of hydrogen-bond donors (Lipinski definition) is 1. The Balaban J connectivity index is 2.21. The fourth-order valence-corrected chi connectivity index (χ4v) is 1.88. The Hall–Kier alpha value is -1.53. The number of para-hydroxylation sites is 1. The molecule has 0 saturated heterocycles.